The number of aromatic nitrogens is 4. The summed E-state index contributed by atoms with van der Waals surface area (Å²) < 4.78 is 38.7. The lowest BCUT2D eigenvalue weighted by molar-refractivity contribution is 0.601. The lowest BCUT2D eigenvalue weighted by atomic mass is 10.0. The molecule has 1 atom stereocenters. The number of rotatable bonds is 4. The molecule has 4 aromatic heterocycles. The van der Waals surface area contributed by atoms with E-state index in [1.807, 2.05) is 25.3 Å². The van der Waals surface area contributed by atoms with E-state index in [1.165, 1.54) is 23.6 Å². The van der Waals surface area contributed by atoms with Crippen LogP contribution in [0.5, 0.6) is 0 Å². The minimum absolute atomic E-state index is 0.122. The number of hydrogen-bond acceptors (Lipinski definition) is 7. The summed E-state index contributed by atoms with van der Waals surface area (Å²) in [6.07, 6.45) is 2.49. The van der Waals surface area contributed by atoms with E-state index in [-0.39, 0.29) is 4.90 Å². The van der Waals surface area contributed by atoms with Crippen LogP contribution in [0.15, 0.2) is 22.1 Å². The zero-order valence-corrected chi connectivity index (χ0v) is 20.0. The highest BCUT2D eigenvalue weighted by Gasteiger charge is 2.26. The fourth-order valence-corrected chi connectivity index (χ4v) is 6.09. The molecular weight excluding hydrogens is 440 g/mol. The van der Waals surface area contributed by atoms with Crippen molar-refractivity contribution in [1.82, 2.24) is 19.6 Å². The predicted octanol–water partition coefficient (Wildman–Crippen LogP) is 3.77. The van der Waals surface area contributed by atoms with Gasteiger partial charge in [0.25, 0.3) is 0 Å². The van der Waals surface area contributed by atoms with Crippen molar-refractivity contribution in [1.29, 1.82) is 0 Å². The van der Waals surface area contributed by atoms with Crippen molar-refractivity contribution < 1.29 is 12.6 Å². The van der Waals surface area contributed by atoms with Gasteiger partial charge in [0.15, 0.2) is 9.84 Å². The largest absolute Gasteiger partial charge is 0.254 e. The molecule has 0 aliphatic carbocycles. The lowest BCUT2D eigenvalue weighted by Gasteiger charge is -2.12. The van der Waals surface area contributed by atoms with E-state index in [0.717, 1.165) is 34.2 Å². The standard InChI is InChI=1S/C20H22N4O3S3/c1-7-29(25)18-16(23-24-13(5)11(3)10(2)12(4)17(18)24)20-22-15-8-14(30(6,26)27)9-21-19(15)28-20/h8-9H,7H2,1-6H3. The number of fused-ring (bicyclic) bond motifs is 2. The van der Waals surface area contributed by atoms with E-state index in [1.54, 1.807) is 0 Å². The summed E-state index contributed by atoms with van der Waals surface area (Å²) in [6, 6.07) is 1.52. The zero-order valence-electron chi connectivity index (χ0n) is 17.6. The number of thiazole rings is 1. The Kier molecular flexibility index (Phi) is 5.06. The number of nitrogens with zero attached hydrogens (tertiary/aromatic N) is 4. The molecule has 1 unspecified atom stereocenters. The Morgan fingerprint density at radius 2 is 1.83 bits per heavy atom. The third-order valence-electron chi connectivity index (χ3n) is 5.53. The maximum atomic E-state index is 13.1. The van der Waals surface area contributed by atoms with Gasteiger partial charge in [-0.1, -0.05) is 18.3 Å². The van der Waals surface area contributed by atoms with Crippen LogP contribution in [-0.2, 0) is 20.6 Å². The Bertz CT molecular complexity index is 1470. The average Bonchev–Trinajstić information content (AvgIpc) is 3.30. The number of pyridine rings is 2. The van der Waals surface area contributed by atoms with Crippen LogP contribution >= 0.6 is 11.3 Å². The Balaban J connectivity index is 2.07. The van der Waals surface area contributed by atoms with Gasteiger partial charge in [0.1, 0.15) is 21.0 Å². The van der Waals surface area contributed by atoms with E-state index in [9.17, 15) is 12.6 Å². The van der Waals surface area contributed by atoms with Gasteiger partial charge in [0.2, 0.25) is 0 Å². The van der Waals surface area contributed by atoms with Gasteiger partial charge in [-0.05, 0) is 50.5 Å². The SMILES string of the molecule is CCS(=O)c1c(-c2nc3cc(S(C)(=O)=O)cnc3s2)nn2c(C)c(C)c(C)c(C)c12. The third kappa shape index (κ3) is 3.17. The molecule has 4 aromatic rings. The summed E-state index contributed by atoms with van der Waals surface area (Å²) in [6.45, 7) is 10.0. The highest BCUT2D eigenvalue weighted by Crippen LogP contribution is 2.37. The Hall–Kier alpha value is -2.17. The summed E-state index contributed by atoms with van der Waals surface area (Å²) in [5.41, 5.74) is 6.25. The first-order valence-electron chi connectivity index (χ1n) is 9.39. The molecule has 4 heterocycles. The molecule has 0 N–H and O–H groups in total. The zero-order chi connectivity index (χ0) is 22.0. The monoisotopic (exact) mass is 462 g/mol. The van der Waals surface area contributed by atoms with Crippen molar-refractivity contribution in [2.24, 2.45) is 0 Å². The molecule has 0 aliphatic heterocycles. The molecule has 0 fully saturated rings. The molecule has 0 saturated carbocycles. The fourth-order valence-electron chi connectivity index (χ4n) is 3.47. The molecule has 0 spiro atoms. The minimum Gasteiger partial charge on any atom is -0.254 e. The first-order valence-corrected chi connectivity index (χ1v) is 13.4. The van der Waals surface area contributed by atoms with Crippen molar-refractivity contribution in [2.45, 2.75) is 44.4 Å². The minimum atomic E-state index is -3.38. The van der Waals surface area contributed by atoms with Crippen molar-refractivity contribution in [3.05, 3.63) is 34.6 Å². The van der Waals surface area contributed by atoms with E-state index < -0.39 is 20.6 Å². The molecule has 30 heavy (non-hydrogen) atoms. The molecule has 0 amide bonds. The van der Waals surface area contributed by atoms with Crippen molar-refractivity contribution in [3.8, 4) is 10.7 Å². The van der Waals surface area contributed by atoms with Gasteiger partial charge in [-0.15, -0.1) is 0 Å². The van der Waals surface area contributed by atoms with Gasteiger partial charge in [-0.3, -0.25) is 4.21 Å². The van der Waals surface area contributed by atoms with Crippen LogP contribution in [0, 0.1) is 27.7 Å². The van der Waals surface area contributed by atoms with Gasteiger partial charge < -0.3 is 0 Å². The topological polar surface area (TPSA) is 94.3 Å². The number of hydrogen-bond donors (Lipinski definition) is 0. The smallest absolute Gasteiger partial charge is 0.177 e. The maximum absolute atomic E-state index is 13.1. The summed E-state index contributed by atoms with van der Waals surface area (Å²) in [5, 5.41) is 5.39. The van der Waals surface area contributed by atoms with Crippen molar-refractivity contribution in [2.75, 3.05) is 12.0 Å². The van der Waals surface area contributed by atoms with Crippen LogP contribution in [-0.4, -0.2) is 44.2 Å². The quantitative estimate of drug-likeness (QED) is 0.458. The molecule has 0 radical (unpaired) electrons. The number of aryl methyl sites for hydroxylation is 2. The van der Waals surface area contributed by atoms with Crippen LogP contribution in [0.25, 0.3) is 26.6 Å². The molecule has 0 saturated heterocycles. The predicted molar refractivity (Wildman–Crippen MR) is 121 cm³/mol. The molecular formula is C20H22N4O3S3. The van der Waals surface area contributed by atoms with E-state index in [2.05, 4.69) is 23.8 Å². The van der Waals surface area contributed by atoms with Gasteiger partial charge in [0, 0.05) is 23.9 Å². The van der Waals surface area contributed by atoms with Gasteiger partial charge in [0.05, 0.1) is 26.1 Å². The van der Waals surface area contributed by atoms with Crippen LogP contribution in [0.2, 0.25) is 0 Å². The summed E-state index contributed by atoms with van der Waals surface area (Å²) >= 11 is 1.32. The Morgan fingerprint density at radius 1 is 1.13 bits per heavy atom. The summed E-state index contributed by atoms with van der Waals surface area (Å²) in [5.74, 6) is 0.459. The first kappa shape index (κ1) is 21.1. The first-order chi connectivity index (χ1) is 14.0. The molecule has 0 bridgehead atoms. The molecule has 4 rings (SSSR count). The van der Waals surface area contributed by atoms with E-state index in [4.69, 9.17) is 5.10 Å². The summed E-state index contributed by atoms with van der Waals surface area (Å²) in [4.78, 5) is 10.3. The maximum Gasteiger partial charge on any atom is 0.177 e. The lowest BCUT2D eigenvalue weighted by Crippen LogP contribution is -2.03. The van der Waals surface area contributed by atoms with Crippen LogP contribution in [0.1, 0.15) is 29.3 Å². The second kappa shape index (κ2) is 7.21. The fraction of sp³-hybridized carbons (Fsp3) is 0.350. The van der Waals surface area contributed by atoms with Crippen molar-refractivity contribution >= 4 is 47.8 Å². The second-order valence-electron chi connectivity index (χ2n) is 7.32. The normalized spacial score (nSPS) is 13.4. The van der Waals surface area contributed by atoms with Gasteiger partial charge in [-0.25, -0.2) is 22.9 Å². The van der Waals surface area contributed by atoms with Gasteiger partial charge in [-0.2, -0.15) is 5.10 Å². The van der Waals surface area contributed by atoms with Crippen LogP contribution in [0.3, 0.4) is 0 Å². The molecule has 10 heteroatoms. The van der Waals surface area contributed by atoms with Crippen LogP contribution < -0.4 is 0 Å². The van der Waals surface area contributed by atoms with Crippen LogP contribution in [0.4, 0.5) is 0 Å². The molecule has 0 aromatic carbocycles. The van der Waals surface area contributed by atoms with E-state index in [0.29, 0.717) is 31.7 Å². The molecule has 0 aliphatic rings. The van der Waals surface area contributed by atoms with Gasteiger partial charge >= 0.3 is 0 Å². The average molecular weight is 463 g/mol. The summed E-state index contributed by atoms with van der Waals surface area (Å²) in [7, 11) is -4.64. The Morgan fingerprint density at radius 3 is 2.47 bits per heavy atom. The second-order valence-corrected chi connectivity index (χ2v) is 12.0. The van der Waals surface area contributed by atoms with Crippen molar-refractivity contribution in [3.63, 3.8) is 0 Å². The highest BCUT2D eigenvalue weighted by molar-refractivity contribution is 7.90. The highest BCUT2D eigenvalue weighted by atomic mass is 32.2. The number of sulfone groups is 1. The Labute approximate surface area is 181 Å². The third-order valence-corrected chi connectivity index (χ3v) is 8.96. The molecule has 7 nitrogen and oxygen atoms in total. The van der Waals surface area contributed by atoms with E-state index >= 15 is 0 Å². The molecule has 158 valence electrons.